The second-order valence-corrected chi connectivity index (χ2v) is 4.95. The summed E-state index contributed by atoms with van der Waals surface area (Å²) in [5, 5.41) is 23.5. The van der Waals surface area contributed by atoms with Crippen molar-refractivity contribution in [1.82, 2.24) is 9.78 Å². The van der Waals surface area contributed by atoms with E-state index in [4.69, 9.17) is 11.6 Å². The van der Waals surface area contributed by atoms with Crippen LogP contribution in [0.25, 0.3) is 0 Å². The summed E-state index contributed by atoms with van der Waals surface area (Å²) in [6.07, 6.45) is -0.716. The number of aryl methyl sites for hydroxylation is 1. The van der Waals surface area contributed by atoms with Gasteiger partial charge in [0.1, 0.15) is 11.8 Å². The minimum Gasteiger partial charge on any atom is -0.389 e. The minimum absolute atomic E-state index is 0.113. The van der Waals surface area contributed by atoms with Crippen molar-refractivity contribution in [2.24, 2.45) is 7.05 Å². The molecule has 5 nitrogen and oxygen atoms in total. The highest BCUT2D eigenvalue weighted by molar-refractivity contribution is 8.13. The predicted octanol–water partition coefficient (Wildman–Crippen LogP) is 0.747. The van der Waals surface area contributed by atoms with Gasteiger partial charge in [-0.2, -0.15) is 5.10 Å². The summed E-state index contributed by atoms with van der Waals surface area (Å²) in [7, 11) is 1.67. The molecule has 0 bridgehead atoms. The molecule has 0 spiro atoms. The fourth-order valence-electron chi connectivity index (χ4n) is 1.15. The first-order valence-electron chi connectivity index (χ1n) is 4.60. The largest absolute Gasteiger partial charge is 0.389 e. The molecule has 2 atom stereocenters. The number of aromatic nitrogens is 2. The van der Waals surface area contributed by atoms with Crippen molar-refractivity contribution in [3.05, 3.63) is 16.9 Å². The molecule has 0 aliphatic rings. The Bertz CT molecular complexity index is 383. The zero-order valence-corrected chi connectivity index (χ0v) is 10.5. The molecule has 0 aliphatic heterocycles. The fourth-order valence-corrected chi connectivity index (χ4v) is 2.03. The number of nitrogens with zero attached hydrogens (tertiary/aromatic N) is 2. The third-order valence-electron chi connectivity index (χ3n) is 1.91. The average molecular weight is 265 g/mol. The maximum atomic E-state index is 10.7. The predicted molar refractivity (Wildman–Crippen MR) is 62.3 cm³/mol. The van der Waals surface area contributed by atoms with E-state index in [1.54, 1.807) is 7.05 Å². The van der Waals surface area contributed by atoms with E-state index >= 15 is 0 Å². The SMILES string of the molecule is CC(=O)SCC(O)C(O)c1nn(C)cc1Cl. The van der Waals surface area contributed by atoms with Crippen molar-refractivity contribution in [2.75, 3.05) is 5.75 Å². The highest BCUT2D eigenvalue weighted by atomic mass is 35.5. The maximum Gasteiger partial charge on any atom is 0.185 e. The standard InChI is InChI=1S/C9H13ClN2O3S/c1-5(13)16-4-7(14)9(15)8-6(10)3-12(2)11-8/h3,7,9,14-15H,4H2,1-2H3. The van der Waals surface area contributed by atoms with Gasteiger partial charge in [0, 0.05) is 25.9 Å². The molecule has 2 N–H and O–H groups in total. The number of carbonyl (C=O) groups excluding carboxylic acids is 1. The molecule has 0 aromatic carbocycles. The van der Waals surface area contributed by atoms with Gasteiger partial charge in [-0.05, 0) is 0 Å². The van der Waals surface area contributed by atoms with E-state index in [2.05, 4.69) is 5.10 Å². The van der Waals surface area contributed by atoms with Gasteiger partial charge in [-0.25, -0.2) is 0 Å². The number of aliphatic hydroxyl groups is 2. The van der Waals surface area contributed by atoms with Gasteiger partial charge < -0.3 is 10.2 Å². The number of halogens is 1. The number of carbonyl (C=O) groups is 1. The number of thioether (sulfide) groups is 1. The molecular formula is C9H13ClN2O3S. The highest BCUT2D eigenvalue weighted by Gasteiger charge is 2.24. The quantitative estimate of drug-likeness (QED) is 0.839. The Morgan fingerprint density at radius 3 is 2.75 bits per heavy atom. The Labute approximate surface area is 102 Å². The smallest absolute Gasteiger partial charge is 0.185 e. The van der Waals surface area contributed by atoms with E-state index in [1.807, 2.05) is 0 Å². The van der Waals surface area contributed by atoms with Crippen molar-refractivity contribution < 1.29 is 15.0 Å². The number of hydrogen-bond donors (Lipinski definition) is 2. The summed E-state index contributed by atoms with van der Waals surface area (Å²) in [6, 6.07) is 0. The summed E-state index contributed by atoms with van der Waals surface area (Å²) in [4.78, 5) is 10.7. The lowest BCUT2D eigenvalue weighted by Crippen LogP contribution is -2.22. The van der Waals surface area contributed by atoms with Crippen LogP contribution in [0.1, 0.15) is 18.7 Å². The zero-order valence-electron chi connectivity index (χ0n) is 8.92. The topological polar surface area (TPSA) is 75.3 Å². The van der Waals surface area contributed by atoms with Crippen molar-refractivity contribution >= 4 is 28.5 Å². The molecule has 2 unspecified atom stereocenters. The normalized spacial score (nSPS) is 14.8. The third kappa shape index (κ3) is 3.48. The van der Waals surface area contributed by atoms with Crippen LogP contribution in [0.3, 0.4) is 0 Å². The molecule has 90 valence electrons. The van der Waals surface area contributed by atoms with Crippen LogP contribution >= 0.6 is 23.4 Å². The molecule has 1 aromatic rings. The van der Waals surface area contributed by atoms with Crippen molar-refractivity contribution in [2.45, 2.75) is 19.1 Å². The second-order valence-electron chi connectivity index (χ2n) is 3.35. The molecule has 0 saturated carbocycles. The second kappa shape index (κ2) is 5.67. The molecular weight excluding hydrogens is 252 g/mol. The van der Waals surface area contributed by atoms with Crippen LogP contribution in [0.4, 0.5) is 0 Å². The molecule has 0 aliphatic carbocycles. The molecule has 0 radical (unpaired) electrons. The number of aliphatic hydroxyl groups excluding tert-OH is 2. The molecule has 0 saturated heterocycles. The van der Waals surface area contributed by atoms with Crippen LogP contribution in [0.2, 0.25) is 5.02 Å². The van der Waals surface area contributed by atoms with Crippen LogP contribution in [-0.2, 0) is 11.8 Å². The highest BCUT2D eigenvalue weighted by Crippen LogP contribution is 2.25. The van der Waals surface area contributed by atoms with Gasteiger partial charge in [-0.15, -0.1) is 0 Å². The molecule has 1 rings (SSSR count). The molecule has 1 aromatic heterocycles. The van der Waals surface area contributed by atoms with Crippen molar-refractivity contribution in [1.29, 1.82) is 0 Å². The van der Waals surface area contributed by atoms with Gasteiger partial charge in [0.25, 0.3) is 0 Å². The third-order valence-corrected chi connectivity index (χ3v) is 3.12. The van der Waals surface area contributed by atoms with E-state index in [1.165, 1.54) is 17.8 Å². The summed E-state index contributed by atoms with van der Waals surface area (Å²) in [5.74, 6) is 0.114. The fraction of sp³-hybridized carbons (Fsp3) is 0.556. The molecule has 16 heavy (non-hydrogen) atoms. The lowest BCUT2D eigenvalue weighted by molar-refractivity contribution is -0.109. The summed E-state index contributed by atoms with van der Waals surface area (Å²) < 4.78 is 1.45. The lowest BCUT2D eigenvalue weighted by Gasteiger charge is -2.15. The van der Waals surface area contributed by atoms with Crippen molar-refractivity contribution in [3.8, 4) is 0 Å². The van der Waals surface area contributed by atoms with E-state index in [9.17, 15) is 15.0 Å². The zero-order chi connectivity index (χ0) is 12.3. The Balaban J connectivity index is 2.66. The first-order chi connectivity index (χ1) is 7.41. The summed E-state index contributed by atoms with van der Waals surface area (Å²) >= 11 is 6.77. The molecule has 7 heteroatoms. The summed E-state index contributed by atoms with van der Waals surface area (Å²) in [6.45, 7) is 1.40. The Hall–Kier alpha value is -0.560. The van der Waals surface area contributed by atoms with Gasteiger partial charge in [0.05, 0.1) is 11.1 Å². The molecule has 0 fully saturated rings. The maximum absolute atomic E-state index is 10.7. The lowest BCUT2D eigenvalue weighted by atomic mass is 10.2. The minimum atomic E-state index is -1.18. The first-order valence-corrected chi connectivity index (χ1v) is 5.96. The Morgan fingerprint density at radius 2 is 2.31 bits per heavy atom. The van der Waals surface area contributed by atoms with Crippen LogP contribution in [-0.4, -0.2) is 37.0 Å². The molecule has 1 heterocycles. The van der Waals surface area contributed by atoms with Gasteiger partial charge in [-0.1, -0.05) is 23.4 Å². The van der Waals surface area contributed by atoms with Crippen LogP contribution in [0, 0.1) is 0 Å². The number of rotatable bonds is 4. The summed E-state index contributed by atoms with van der Waals surface area (Å²) in [5.41, 5.74) is 0.223. The van der Waals surface area contributed by atoms with Gasteiger partial charge in [-0.3, -0.25) is 9.48 Å². The van der Waals surface area contributed by atoms with E-state index in [-0.39, 0.29) is 16.6 Å². The van der Waals surface area contributed by atoms with Gasteiger partial charge in [0.15, 0.2) is 5.12 Å². The van der Waals surface area contributed by atoms with E-state index in [0.29, 0.717) is 5.02 Å². The first kappa shape index (κ1) is 13.5. The van der Waals surface area contributed by atoms with Gasteiger partial charge >= 0.3 is 0 Å². The average Bonchev–Trinajstić information content (AvgIpc) is 2.53. The van der Waals surface area contributed by atoms with E-state index in [0.717, 1.165) is 11.8 Å². The van der Waals surface area contributed by atoms with Crippen molar-refractivity contribution in [3.63, 3.8) is 0 Å². The van der Waals surface area contributed by atoms with Gasteiger partial charge in [0.2, 0.25) is 0 Å². The monoisotopic (exact) mass is 264 g/mol. The van der Waals surface area contributed by atoms with Crippen LogP contribution in [0.5, 0.6) is 0 Å². The Morgan fingerprint density at radius 1 is 1.69 bits per heavy atom. The number of hydrogen-bond acceptors (Lipinski definition) is 5. The van der Waals surface area contributed by atoms with E-state index < -0.39 is 12.2 Å². The van der Waals surface area contributed by atoms with Crippen LogP contribution in [0.15, 0.2) is 6.20 Å². The molecule has 0 amide bonds. The van der Waals surface area contributed by atoms with Crippen LogP contribution < -0.4 is 0 Å². The Kier molecular flexibility index (Phi) is 4.79.